The van der Waals surface area contributed by atoms with Gasteiger partial charge in [0.1, 0.15) is 0 Å². The maximum Gasteiger partial charge on any atom is 0.229 e. The van der Waals surface area contributed by atoms with Crippen LogP contribution in [0.15, 0.2) is 0 Å². The molecule has 0 spiro atoms. The second kappa shape index (κ2) is 4.71. The molecule has 5 aliphatic carbocycles. The van der Waals surface area contributed by atoms with Gasteiger partial charge in [0.05, 0.1) is 5.41 Å². The molecule has 0 aliphatic heterocycles. The molecular formula is C18H30N2O. The van der Waals surface area contributed by atoms with Gasteiger partial charge in [0, 0.05) is 19.1 Å². The minimum Gasteiger partial charge on any atom is -0.338 e. The zero-order chi connectivity index (χ0) is 14.7. The zero-order valence-electron chi connectivity index (χ0n) is 13.4. The van der Waals surface area contributed by atoms with Gasteiger partial charge >= 0.3 is 0 Å². The fourth-order valence-electron chi connectivity index (χ4n) is 6.56. The van der Waals surface area contributed by atoms with Crippen LogP contribution in [-0.4, -0.2) is 29.9 Å². The molecule has 0 heterocycles. The zero-order valence-corrected chi connectivity index (χ0v) is 13.4. The van der Waals surface area contributed by atoms with Crippen LogP contribution >= 0.6 is 0 Å². The van der Waals surface area contributed by atoms with Gasteiger partial charge in [-0.1, -0.05) is 6.92 Å². The van der Waals surface area contributed by atoms with Crippen LogP contribution in [0.1, 0.15) is 64.7 Å². The predicted molar refractivity (Wildman–Crippen MR) is 83.6 cm³/mol. The van der Waals surface area contributed by atoms with E-state index in [0.29, 0.717) is 23.9 Å². The Labute approximate surface area is 128 Å². The van der Waals surface area contributed by atoms with Crippen molar-refractivity contribution in [3.8, 4) is 0 Å². The first-order valence-corrected chi connectivity index (χ1v) is 9.05. The van der Waals surface area contributed by atoms with E-state index in [1.54, 1.807) is 0 Å². The Morgan fingerprint density at radius 3 is 2.33 bits per heavy atom. The first-order valence-electron chi connectivity index (χ1n) is 9.05. The Hall–Kier alpha value is -0.570. The van der Waals surface area contributed by atoms with Crippen molar-refractivity contribution in [2.24, 2.45) is 28.4 Å². The molecular weight excluding hydrogens is 260 g/mol. The molecule has 2 N–H and O–H groups in total. The molecule has 0 aromatic heterocycles. The van der Waals surface area contributed by atoms with Crippen molar-refractivity contribution in [3.63, 3.8) is 0 Å². The third-order valence-corrected chi connectivity index (χ3v) is 6.95. The number of amides is 1. The molecule has 5 saturated carbocycles. The standard InChI is InChI=1S/C18H30N2O/c1-17-8-13-7-14(9-17)11-18(10-13,12-17)16(21)20(6-5-19)15-3-2-4-15/h13-15H,2-12,19H2,1H3. The number of carbonyl (C=O) groups excluding carboxylic acids is 1. The average molecular weight is 290 g/mol. The summed E-state index contributed by atoms with van der Waals surface area (Å²) in [4.78, 5) is 15.6. The number of rotatable bonds is 4. The van der Waals surface area contributed by atoms with Crippen LogP contribution in [0.3, 0.4) is 0 Å². The number of nitrogens with two attached hydrogens (primary N) is 1. The van der Waals surface area contributed by atoms with Crippen molar-refractivity contribution >= 4 is 5.91 Å². The van der Waals surface area contributed by atoms with Gasteiger partial charge in [-0.3, -0.25) is 4.79 Å². The van der Waals surface area contributed by atoms with Crippen molar-refractivity contribution in [2.45, 2.75) is 70.8 Å². The van der Waals surface area contributed by atoms with E-state index in [0.717, 1.165) is 24.8 Å². The first-order chi connectivity index (χ1) is 10.0. The van der Waals surface area contributed by atoms with E-state index < -0.39 is 0 Å². The smallest absolute Gasteiger partial charge is 0.229 e. The fourth-order valence-corrected chi connectivity index (χ4v) is 6.56. The SMILES string of the molecule is CC12CC3CC(C1)CC(C(=O)N(CCN)C1CCC1)(C3)C2. The molecule has 5 aliphatic rings. The second-order valence-electron chi connectivity index (χ2n) is 8.92. The minimum atomic E-state index is -0.0103. The van der Waals surface area contributed by atoms with Gasteiger partial charge in [0.25, 0.3) is 0 Å². The third kappa shape index (κ3) is 2.15. The van der Waals surface area contributed by atoms with Crippen LogP contribution in [0.25, 0.3) is 0 Å². The van der Waals surface area contributed by atoms with Crippen LogP contribution in [0, 0.1) is 22.7 Å². The Kier molecular flexibility index (Phi) is 3.15. The van der Waals surface area contributed by atoms with E-state index in [2.05, 4.69) is 11.8 Å². The van der Waals surface area contributed by atoms with Crippen molar-refractivity contribution in [3.05, 3.63) is 0 Å². The van der Waals surface area contributed by atoms with Gasteiger partial charge in [-0.05, 0) is 75.0 Å². The highest BCUT2D eigenvalue weighted by molar-refractivity contribution is 5.84. The summed E-state index contributed by atoms with van der Waals surface area (Å²) in [6, 6.07) is 0.502. The summed E-state index contributed by atoms with van der Waals surface area (Å²) in [7, 11) is 0. The number of hydrogen-bond acceptors (Lipinski definition) is 2. The van der Waals surface area contributed by atoms with E-state index in [1.807, 2.05) is 0 Å². The first kappa shape index (κ1) is 14.0. The topological polar surface area (TPSA) is 46.3 Å². The Balaban J connectivity index is 1.60. The summed E-state index contributed by atoms with van der Waals surface area (Å²) in [6.07, 6.45) is 11.3. The normalized spacial score (nSPS) is 44.7. The third-order valence-electron chi connectivity index (χ3n) is 6.95. The van der Waals surface area contributed by atoms with E-state index in [4.69, 9.17) is 5.73 Å². The lowest BCUT2D eigenvalue weighted by molar-refractivity contribution is -0.169. The number of carbonyl (C=O) groups is 1. The van der Waals surface area contributed by atoms with Gasteiger partial charge in [0.15, 0.2) is 0 Å². The maximum atomic E-state index is 13.4. The van der Waals surface area contributed by atoms with Crippen molar-refractivity contribution in [1.29, 1.82) is 0 Å². The molecule has 0 aromatic rings. The summed E-state index contributed by atoms with van der Waals surface area (Å²) in [6.45, 7) is 3.84. The van der Waals surface area contributed by atoms with Crippen LogP contribution in [0.4, 0.5) is 0 Å². The molecule has 2 atom stereocenters. The molecule has 5 fully saturated rings. The van der Waals surface area contributed by atoms with Crippen molar-refractivity contribution in [2.75, 3.05) is 13.1 Å². The Morgan fingerprint density at radius 1 is 1.19 bits per heavy atom. The fraction of sp³-hybridized carbons (Fsp3) is 0.944. The quantitative estimate of drug-likeness (QED) is 0.865. The van der Waals surface area contributed by atoms with E-state index in [-0.39, 0.29) is 5.41 Å². The molecule has 3 heteroatoms. The molecule has 5 rings (SSSR count). The van der Waals surface area contributed by atoms with Gasteiger partial charge in [-0.2, -0.15) is 0 Å². The van der Waals surface area contributed by atoms with E-state index >= 15 is 0 Å². The summed E-state index contributed by atoms with van der Waals surface area (Å²) >= 11 is 0. The van der Waals surface area contributed by atoms with Crippen LogP contribution in [-0.2, 0) is 4.79 Å². The molecule has 0 radical (unpaired) electrons. The molecule has 3 nitrogen and oxygen atoms in total. The number of hydrogen-bond donors (Lipinski definition) is 1. The molecule has 2 unspecified atom stereocenters. The molecule has 4 bridgehead atoms. The maximum absolute atomic E-state index is 13.4. The largest absolute Gasteiger partial charge is 0.338 e. The van der Waals surface area contributed by atoms with Gasteiger partial charge < -0.3 is 10.6 Å². The number of nitrogens with zero attached hydrogens (tertiary/aromatic N) is 1. The Bertz CT molecular complexity index is 428. The molecule has 1 amide bonds. The van der Waals surface area contributed by atoms with Gasteiger partial charge in [-0.15, -0.1) is 0 Å². The second-order valence-corrected chi connectivity index (χ2v) is 8.92. The molecule has 21 heavy (non-hydrogen) atoms. The highest BCUT2D eigenvalue weighted by Gasteiger charge is 2.59. The minimum absolute atomic E-state index is 0.0103. The summed E-state index contributed by atoms with van der Waals surface area (Å²) in [5.41, 5.74) is 6.25. The summed E-state index contributed by atoms with van der Waals surface area (Å²) in [5, 5.41) is 0. The molecule has 0 aromatic carbocycles. The molecule has 0 saturated heterocycles. The van der Waals surface area contributed by atoms with Crippen LogP contribution in [0.2, 0.25) is 0 Å². The van der Waals surface area contributed by atoms with E-state index in [9.17, 15) is 4.79 Å². The highest BCUT2D eigenvalue weighted by Crippen LogP contribution is 2.65. The van der Waals surface area contributed by atoms with Crippen LogP contribution < -0.4 is 5.73 Å². The van der Waals surface area contributed by atoms with Gasteiger partial charge in [-0.25, -0.2) is 0 Å². The summed E-state index contributed by atoms with van der Waals surface area (Å²) in [5.74, 6) is 2.13. The van der Waals surface area contributed by atoms with Crippen molar-refractivity contribution < 1.29 is 4.79 Å². The lowest BCUT2D eigenvalue weighted by atomic mass is 9.44. The lowest BCUT2D eigenvalue weighted by Crippen LogP contribution is -2.60. The monoisotopic (exact) mass is 290 g/mol. The molecule has 118 valence electrons. The lowest BCUT2D eigenvalue weighted by Gasteiger charge is -2.61. The van der Waals surface area contributed by atoms with Gasteiger partial charge in [0.2, 0.25) is 5.91 Å². The summed E-state index contributed by atoms with van der Waals surface area (Å²) < 4.78 is 0. The predicted octanol–water partition coefficient (Wildman–Crippen LogP) is 2.93. The van der Waals surface area contributed by atoms with Crippen LogP contribution in [0.5, 0.6) is 0 Å². The average Bonchev–Trinajstić information content (AvgIpc) is 2.32. The van der Waals surface area contributed by atoms with E-state index in [1.165, 1.54) is 51.4 Å². The Morgan fingerprint density at radius 2 is 1.86 bits per heavy atom. The highest BCUT2D eigenvalue weighted by atomic mass is 16.2. The van der Waals surface area contributed by atoms with Crippen molar-refractivity contribution in [1.82, 2.24) is 4.90 Å².